The molecule has 0 unspecified atom stereocenters. The van der Waals surface area contributed by atoms with Gasteiger partial charge in [-0.2, -0.15) is 4.98 Å². The molecule has 0 N–H and O–H groups in total. The van der Waals surface area contributed by atoms with Crippen LogP contribution in [0.3, 0.4) is 0 Å². The fourth-order valence-electron chi connectivity index (χ4n) is 5.48. The van der Waals surface area contributed by atoms with Gasteiger partial charge in [0.15, 0.2) is 5.58 Å². The second-order valence-corrected chi connectivity index (χ2v) is 9.63. The summed E-state index contributed by atoms with van der Waals surface area (Å²) in [5, 5.41) is 4.37. The maximum atomic E-state index is 6.49. The van der Waals surface area contributed by atoms with Gasteiger partial charge in [0.2, 0.25) is 0 Å². The third kappa shape index (κ3) is 3.50. The van der Waals surface area contributed by atoms with Crippen LogP contribution in [-0.4, -0.2) is 4.98 Å². The molecule has 0 aliphatic carbocycles. The largest absolute Gasteiger partial charge is 0.456 e. The maximum absolute atomic E-state index is 6.49. The van der Waals surface area contributed by atoms with E-state index in [9.17, 15) is 0 Å². The predicted molar refractivity (Wildman–Crippen MR) is 159 cm³/mol. The molecule has 0 radical (unpaired) electrons. The van der Waals surface area contributed by atoms with Crippen molar-refractivity contribution in [2.75, 3.05) is 4.90 Å². The number of hydrogen-bond donors (Lipinski definition) is 0. The first kappa shape index (κ1) is 21.7. The van der Waals surface area contributed by atoms with E-state index in [0.29, 0.717) is 6.01 Å². The number of rotatable bonds is 4. The van der Waals surface area contributed by atoms with Crippen LogP contribution in [-0.2, 0) is 0 Å². The molecule has 2 aromatic heterocycles. The van der Waals surface area contributed by atoms with Crippen molar-refractivity contribution in [3.63, 3.8) is 0 Å². The fraction of sp³-hybridized carbons (Fsp3) is 0. The minimum atomic E-state index is 0.500. The van der Waals surface area contributed by atoms with Crippen LogP contribution in [0.5, 0.6) is 0 Å². The first-order valence-corrected chi connectivity index (χ1v) is 13.0. The fourth-order valence-corrected chi connectivity index (χ4v) is 5.48. The number of furan rings is 1. The summed E-state index contributed by atoms with van der Waals surface area (Å²) in [6, 6.07) is 46.0. The Morgan fingerprint density at radius 1 is 0.513 bits per heavy atom. The molecule has 6 aromatic carbocycles. The summed E-state index contributed by atoms with van der Waals surface area (Å²) >= 11 is 0. The summed E-state index contributed by atoms with van der Waals surface area (Å²) in [5.74, 6) is 0. The van der Waals surface area contributed by atoms with Crippen LogP contribution in [0.4, 0.5) is 17.4 Å². The molecule has 4 nitrogen and oxygen atoms in total. The van der Waals surface area contributed by atoms with E-state index in [2.05, 4.69) is 89.8 Å². The van der Waals surface area contributed by atoms with Gasteiger partial charge >= 0.3 is 6.01 Å². The first-order chi connectivity index (χ1) is 19.3. The van der Waals surface area contributed by atoms with Gasteiger partial charge in [-0.05, 0) is 41.3 Å². The Morgan fingerprint density at radius 3 is 2.18 bits per heavy atom. The van der Waals surface area contributed by atoms with Crippen molar-refractivity contribution in [2.45, 2.75) is 0 Å². The van der Waals surface area contributed by atoms with Gasteiger partial charge in [-0.3, -0.25) is 4.90 Å². The number of benzene rings is 6. The number of aromatic nitrogens is 1. The SMILES string of the molecule is c1ccc(-c2ccccc2N(c2ccc3c(c2)oc2ccccc23)c2nc3c(ccc4ccccc43)o2)cc1. The molecule has 4 heteroatoms. The maximum Gasteiger partial charge on any atom is 0.307 e. The molecular weight excluding hydrogens is 480 g/mol. The summed E-state index contributed by atoms with van der Waals surface area (Å²) in [4.78, 5) is 7.17. The normalized spacial score (nSPS) is 11.6. The van der Waals surface area contributed by atoms with Gasteiger partial charge < -0.3 is 8.83 Å². The van der Waals surface area contributed by atoms with Crippen LogP contribution in [0.15, 0.2) is 142 Å². The van der Waals surface area contributed by atoms with Crippen molar-refractivity contribution in [3.8, 4) is 11.1 Å². The van der Waals surface area contributed by atoms with E-state index in [-0.39, 0.29) is 0 Å². The van der Waals surface area contributed by atoms with Gasteiger partial charge in [-0.25, -0.2) is 0 Å². The van der Waals surface area contributed by atoms with E-state index in [1.165, 1.54) is 0 Å². The third-order valence-corrected chi connectivity index (χ3v) is 7.31. The van der Waals surface area contributed by atoms with Crippen molar-refractivity contribution in [2.24, 2.45) is 0 Å². The molecule has 0 spiro atoms. The van der Waals surface area contributed by atoms with Crippen molar-refractivity contribution in [1.29, 1.82) is 0 Å². The summed E-state index contributed by atoms with van der Waals surface area (Å²) < 4.78 is 12.8. The molecule has 184 valence electrons. The zero-order chi connectivity index (χ0) is 25.8. The molecule has 0 aliphatic heterocycles. The topological polar surface area (TPSA) is 42.4 Å². The number of hydrogen-bond acceptors (Lipinski definition) is 4. The quantitative estimate of drug-likeness (QED) is 0.240. The van der Waals surface area contributed by atoms with E-state index in [4.69, 9.17) is 13.8 Å². The molecular formula is C35H22N2O2. The third-order valence-electron chi connectivity index (χ3n) is 7.31. The van der Waals surface area contributed by atoms with E-state index >= 15 is 0 Å². The molecule has 0 aliphatic rings. The summed E-state index contributed by atoms with van der Waals surface area (Å²) in [5.41, 5.74) is 7.34. The Hall–Kier alpha value is -5.35. The molecule has 0 saturated heterocycles. The number of oxazole rings is 1. The number of anilines is 3. The minimum absolute atomic E-state index is 0.500. The highest BCUT2D eigenvalue weighted by Crippen LogP contribution is 2.43. The lowest BCUT2D eigenvalue weighted by Gasteiger charge is -2.24. The highest BCUT2D eigenvalue weighted by atomic mass is 16.4. The van der Waals surface area contributed by atoms with Crippen LogP contribution in [0.25, 0.3) is 54.9 Å². The van der Waals surface area contributed by atoms with E-state index in [1.54, 1.807) is 0 Å². The predicted octanol–water partition coefficient (Wildman–Crippen LogP) is 10.0. The van der Waals surface area contributed by atoms with E-state index in [0.717, 1.165) is 66.3 Å². The molecule has 0 amide bonds. The van der Waals surface area contributed by atoms with Crippen molar-refractivity contribution in [3.05, 3.63) is 133 Å². The summed E-state index contributed by atoms with van der Waals surface area (Å²) in [6.07, 6.45) is 0. The number of nitrogens with zero attached hydrogens (tertiary/aromatic N) is 2. The Labute approximate surface area is 224 Å². The molecule has 0 bridgehead atoms. The monoisotopic (exact) mass is 502 g/mol. The van der Waals surface area contributed by atoms with Crippen molar-refractivity contribution >= 4 is 61.2 Å². The zero-order valence-electron chi connectivity index (χ0n) is 20.9. The molecule has 8 rings (SSSR count). The van der Waals surface area contributed by atoms with Gasteiger partial charge in [0.05, 0.1) is 11.4 Å². The highest BCUT2D eigenvalue weighted by Gasteiger charge is 2.23. The van der Waals surface area contributed by atoms with Crippen molar-refractivity contribution in [1.82, 2.24) is 4.98 Å². The molecule has 2 heterocycles. The number of para-hydroxylation sites is 2. The average Bonchev–Trinajstić information content (AvgIpc) is 3.59. The van der Waals surface area contributed by atoms with Crippen LogP contribution >= 0.6 is 0 Å². The minimum Gasteiger partial charge on any atom is -0.456 e. The second-order valence-electron chi connectivity index (χ2n) is 9.63. The van der Waals surface area contributed by atoms with Gasteiger partial charge in [0, 0.05) is 27.8 Å². The standard InChI is InChI=1S/C35H22N2O2/c1-2-10-23(11-3-1)26-13-6-8-16-30(26)37(25-19-20-29-28-15-7-9-17-31(28)38-33(29)22-25)35-36-34-27-14-5-4-12-24(27)18-21-32(34)39-35/h1-22H. The van der Waals surface area contributed by atoms with Gasteiger partial charge in [-0.1, -0.05) is 97.1 Å². The molecule has 0 atom stereocenters. The van der Waals surface area contributed by atoms with Gasteiger partial charge in [0.1, 0.15) is 16.7 Å². The van der Waals surface area contributed by atoms with Crippen LogP contribution in [0, 0.1) is 0 Å². The number of fused-ring (bicyclic) bond motifs is 6. The van der Waals surface area contributed by atoms with Crippen LogP contribution in [0.2, 0.25) is 0 Å². The summed E-state index contributed by atoms with van der Waals surface area (Å²) in [6.45, 7) is 0. The lowest BCUT2D eigenvalue weighted by Crippen LogP contribution is -2.11. The Kier molecular flexibility index (Phi) is 4.79. The lowest BCUT2D eigenvalue weighted by atomic mass is 10.0. The highest BCUT2D eigenvalue weighted by molar-refractivity contribution is 6.07. The smallest absolute Gasteiger partial charge is 0.307 e. The Bertz CT molecular complexity index is 2140. The van der Waals surface area contributed by atoms with Gasteiger partial charge in [0.25, 0.3) is 0 Å². The van der Waals surface area contributed by atoms with Gasteiger partial charge in [-0.15, -0.1) is 0 Å². The molecule has 0 fully saturated rings. The van der Waals surface area contributed by atoms with E-state index < -0.39 is 0 Å². The molecule has 8 aromatic rings. The van der Waals surface area contributed by atoms with E-state index in [1.807, 2.05) is 48.5 Å². The first-order valence-electron chi connectivity index (χ1n) is 13.0. The van der Waals surface area contributed by atoms with Crippen molar-refractivity contribution < 1.29 is 8.83 Å². The zero-order valence-corrected chi connectivity index (χ0v) is 20.9. The van der Waals surface area contributed by atoms with Crippen LogP contribution in [0.1, 0.15) is 0 Å². The summed E-state index contributed by atoms with van der Waals surface area (Å²) in [7, 11) is 0. The molecule has 0 saturated carbocycles. The van der Waals surface area contributed by atoms with Crippen LogP contribution < -0.4 is 4.90 Å². The Morgan fingerprint density at radius 2 is 1.26 bits per heavy atom. The average molecular weight is 503 g/mol. The lowest BCUT2D eigenvalue weighted by molar-refractivity contribution is 0.608. The molecule has 39 heavy (non-hydrogen) atoms. The second kappa shape index (κ2) is 8.61. The Balaban J connectivity index is 1.40.